The van der Waals surface area contributed by atoms with Crippen molar-refractivity contribution in [2.24, 2.45) is 0 Å². The topological polar surface area (TPSA) is 112 Å². The van der Waals surface area contributed by atoms with E-state index in [1.54, 1.807) is 0 Å². The zero-order valence-electron chi connectivity index (χ0n) is 15.5. The number of thiophene rings is 1. The molecule has 0 saturated carbocycles. The van der Waals surface area contributed by atoms with Crippen molar-refractivity contribution >= 4 is 43.3 Å². The SMILES string of the molecule is O=C(OCc1nnc(-c2cccs2)o1)c1ccc(Br)c(S(=O)(=O)N2CCOCC2)c1. The van der Waals surface area contributed by atoms with Gasteiger partial charge in [-0.2, -0.15) is 4.31 Å². The lowest BCUT2D eigenvalue weighted by molar-refractivity contribution is 0.0438. The molecule has 3 aromatic rings. The van der Waals surface area contributed by atoms with E-state index in [-0.39, 0.29) is 36.0 Å². The summed E-state index contributed by atoms with van der Waals surface area (Å²) in [6.07, 6.45) is 0. The second-order valence-corrected chi connectivity index (χ2v) is 9.92. The van der Waals surface area contributed by atoms with Gasteiger partial charge >= 0.3 is 5.97 Å². The van der Waals surface area contributed by atoms with Crippen LogP contribution in [0.3, 0.4) is 0 Å². The first-order valence-corrected chi connectivity index (χ1v) is 12.0. The Balaban J connectivity index is 1.47. The van der Waals surface area contributed by atoms with Crippen molar-refractivity contribution in [1.29, 1.82) is 0 Å². The summed E-state index contributed by atoms with van der Waals surface area (Å²) in [4.78, 5) is 13.3. The van der Waals surface area contributed by atoms with E-state index >= 15 is 0 Å². The lowest BCUT2D eigenvalue weighted by Crippen LogP contribution is -2.40. The van der Waals surface area contributed by atoms with Gasteiger partial charge in [0.05, 0.1) is 28.5 Å². The average molecular weight is 514 g/mol. The number of carbonyl (C=O) groups excluding carboxylic acids is 1. The van der Waals surface area contributed by atoms with Gasteiger partial charge in [-0.1, -0.05) is 6.07 Å². The van der Waals surface area contributed by atoms with Crippen molar-refractivity contribution in [2.75, 3.05) is 26.3 Å². The average Bonchev–Trinajstić information content (AvgIpc) is 3.45. The number of morpholine rings is 1. The highest BCUT2D eigenvalue weighted by atomic mass is 79.9. The monoisotopic (exact) mass is 513 g/mol. The van der Waals surface area contributed by atoms with Crippen LogP contribution >= 0.6 is 27.3 Å². The van der Waals surface area contributed by atoms with E-state index in [0.29, 0.717) is 23.6 Å². The Morgan fingerprint density at radius 1 is 1.23 bits per heavy atom. The number of hydrogen-bond acceptors (Lipinski definition) is 9. The summed E-state index contributed by atoms with van der Waals surface area (Å²) in [6.45, 7) is 0.950. The second-order valence-electron chi connectivity index (χ2n) is 6.22. The molecule has 158 valence electrons. The molecule has 0 aliphatic carbocycles. The highest BCUT2D eigenvalue weighted by Crippen LogP contribution is 2.27. The molecule has 9 nitrogen and oxygen atoms in total. The molecule has 3 heterocycles. The fourth-order valence-electron chi connectivity index (χ4n) is 2.78. The van der Waals surface area contributed by atoms with Gasteiger partial charge in [-0.05, 0) is 45.6 Å². The van der Waals surface area contributed by atoms with Gasteiger partial charge in [-0.25, -0.2) is 13.2 Å². The molecule has 0 atom stereocenters. The molecule has 0 bridgehead atoms. The zero-order valence-corrected chi connectivity index (χ0v) is 18.7. The Morgan fingerprint density at radius 3 is 2.77 bits per heavy atom. The van der Waals surface area contributed by atoms with Crippen molar-refractivity contribution in [3.05, 3.63) is 51.6 Å². The predicted octanol–water partition coefficient (Wildman–Crippen LogP) is 2.94. The third-order valence-electron chi connectivity index (χ3n) is 4.28. The number of halogens is 1. The summed E-state index contributed by atoms with van der Waals surface area (Å²) < 4.78 is 43.5. The van der Waals surface area contributed by atoms with Crippen LogP contribution in [0.1, 0.15) is 16.2 Å². The van der Waals surface area contributed by atoms with E-state index in [9.17, 15) is 13.2 Å². The standard InChI is InChI=1S/C18H16BrN3O6S2/c19-13-4-3-12(10-15(13)30(24,25)22-5-7-26-8-6-22)18(23)27-11-16-20-21-17(28-16)14-2-1-9-29-14/h1-4,9-10H,5-8,11H2. The molecule has 0 radical (unpaired) electrons. The van der Waals surface area contributed by atoms with Crippen molar-refractivity contribution in [2.45, 2.75) is 11.5 Å². The first kappa shape index (κ1) is 21.1. The summed E-state index contributed by atoms with van der Waals surface area (Å²) >= 11 is 4.71. The number of rotatable bonds is 6. The molecule has 0 amide bonds. The minimum atomic E-state index is -3.78. The molecular weight excluding hydrogens is 498 g/mol. The number of aromatic nitrogens is 2. The van der Waals surface area contributed by atoms with E-state index in [4.69, 9.17) is 13.9 Å². The summed E-state index contributed by atoms with van der Waals surface area (Å²) in [5, 5.41) is 9.67. The molecule has 1 aromatic carbocycles. The molecule has 30 heavy (non-hydrogen) atoms. The normalized spacial score (nSPS) is 15.2. The number of ether oxygens (including phenoxy) is 2. The van der Waals surface area contributed by atoms with Gasteiger partial charge in [0, 0.05) is 17.6 Å². The molecule has 0 spiro atoms. The van der Waals surface area contributed by atoms with Crippen LogP contribution in [0.2, 0.25) is 0 Å². The fraction of sp³-hybridized carbons (Fsp3) is 0.278. The van der Waals surface area contributed by atoms with Gasteiger partial charge in [0.15, 0.2) is 6.61 Å². The van der Waals surface area contributed by atoms with Crippen LogP contribution in [-0.4, -0.2) is 55.2 Å². The van der Waals surface area contributed by atoms with E-state index in [2.05, 4.69) is 26.1 Å². The minimum absolute atomic E-state index is 0.00313. The highest BCUT2D eigenvalue weighted by Gasteiger charge is 2.29. The fourth-order valence-corrected chi connectivity index (χ4v) is 5.78. The zero-order chi connectivity index (χ0) is 21.1. The molecule has 1 aliphatic heterocycles. The smallest absolute Gasteiger partial charge is 0.338 e. The Bertz CT molecular complexity index is 1140. The van der Waals surface area contributed by atoms with Crippen LogP contribution in [0.15, 0.2) is 49.5 Å². The molecule has 4 rings (SSSR count). The maximum absolute atomic E-state index is 12.9. The molecule has 1 saturated heterocycles. The quantitative estimate of drug-likeness (QED) is 0.462. The third-order valence-corrected chi connectivity index (χ3v) is 8.03. The Labute approximate surface area is 184 Å². The van der Waals surface area contributed by atoms with E-state index in [1.165, 1.54) is 33.8 Å². The van der Waals surface area contributed by atoms with Crippen LogP contribution < -0.4 is 0 Å². The van der Waals surface area contributed by atoms with Gasteiger partial charge in [-0.15, -0.1) is 21.5 Å². The van der Waals surface area contributed by atoms with Crippen molar-refractivity contribution in [3.8, 4) is 10.8 Å². The first-order chi connectivity index (χ1) is 14.4. The molecule has 1 fully saturated rings. The van der Waals surface area contributed by atoms with Crippen LogP contribution in [0, 0.1) is 0 Å². The predicted molar refractivity (Wildman–Crippen MR) is 110 cm³/mol. The van der Waals surface area contributed by atoms with Gasteiger partial charge in [-0.3, -0.25) is 0 Å². The number of hydrogen-bond donors (Lipinski definition) is 0. The van der Waals surface area contributed by atoms with Crippen LogP contribution in [0.4, 0.5) is 0 Å². The van der Waals surface area contributed by atoms with Gasteiger partial charge in [0.25, 0.3) is 11.8 Å². The minimum Gasteiger partial charge on any atom is -0.452 e. The number of sulfonamides is 1. The second kappa shape index (κ2) is 8.94. The van der Waals surface area contributed by atoms with Gasteiger partial charge in [0.2, 0.25) is 10.0 Å². The highest BCUT2D eigenvalue weighted by molar-refractivity contribution is 9.10. The van der Waals surface area contributed by atoms with Crippen molar-refractivity contribution < 1.29 is 27.1 Å². The lowest BCUT2D eigenvalue weighted by atomic mass is 10.2. The van der Waals surface area contributed by atoms with Gasteiger partial charge in [0.1, 0.15) is 0 Å². The number of nitrogens with zero attached hydrogens (tertiary/aromatic N) is 3. The summed E-state index contributed by atoms with van der Waals surface area (Å²) in [6, 6.07) is 7.98. The third kappa shape index (κ3) is 4.47. The molecular formula is C18H16BrN3O6S2. The lowest BCUT2D eigenvalue weighted by Gasteiger charge is -2.26. The summed E-state index contributed by atoms with van der Waals surface area (Å²) in [5.74, 6) is -0.208. The largest absolute Gasteiger partial charge is 0.452 e. The number of esters is 1. The van der Waals surface area contributed by atoms with Crippen molar-refractivity contribution in [1.82, 2.24) is 14.5 Å². The van der Waals surface area contributed by atoms with Crippen LogP contribution in [0.25, 0.3) is 10.8 Å². The summed E-state index contributed by atoms with van der Waals surface area (Å²) in [7, 11) is -3.78. The Morgan fingerprint density at radius 2 is 2.03 bits per heavy atom. The van der Waals surface area contributed by atoms with Crippen molar-refractivity contribution in [3.63, 3.8) is 0 Å². The van der Waals surface area contributed by atoms with E-state index in [0.717, 1.165) is 4.88 Å². The maximum Gasteiger partial charge on any atom is 0.338 e. The number of carbonyl (C=O) groups is 1. The maximum atomic E-state index is 12.9. The van der Waals surface area contributed by atoms with Crippen LogP contribution in [0.5, 0.6) is 0 Å². The first-order valence-electron chi connectivity index (χ1n) is 8.86. The van der Waals surface area contributed by atoms with Gasteiger partial charge < -0.3 is 13.9 Å². The molecule has 0 unspecified atom stereocenters. The van der Waals surface area contributed by atoms with E-state index < -0.39 is 16.0 Å². The molecule has 2 aromatic heterocycles. The van der Waals surface area contributed by atoms with E-state index in [1.807, 2.05) is 17.5 Å². The summed E-state index contributed by atoms with van der Waals surface area (Å²) in [5.41, 5.74) is 0.100. The molecule has 0 N–H and O–H groups in total. The Kier molecular flexibility index (Phi) is 6.29. The Hall–Kier alpha value is -2.12. The molecule has 1 aliphatic rings. The number of benzene rings is 1. The van der Waals surface area contributed by atoms with Crippen LogP contribution in [-0.2, 0) is 26.1 Å². The molecule has 12 heteroatoms.